The molecule has 6 nitrogen and oxygen atoms in total. The predicted octanol–water partition coefficient (Wildman–Crippen LogP) is 1.90. The number of carbonyl (C=O) groups is 3. The van der Waals surface area contributed by atoms with Crippen LogP contribution in [0, 0.1) is 23.7 Å². The SMILES string of the molecule is C=CC(=O)NCCCC[C@H](NC(C)=O)C(=O)NC1C2CC3CC(C2)CC1C3. The maximum absolute atomic E-state index is 12.9. The molecule has 4 bridgehead atoms. The summed E-state index contributed by atoms with van der Waals surface area (Å²) in [6.45, 7) is 5.42. The van der Waals surface area contributed by atoms with Crippen LogP contribution in [0.2, 0.25) is 0 Å². The van der Waals surface area contributed by atoms with E-state index in [0.717, 1.165) is 24.7 Å². The third-order valence-corrected chi connectivity index (χ3v) is 6.63. The average molecular weight is 376 g/mol. The van der Waals surface area contributed by atoms with Crippen molar-refractivity contribution in [2.24, 2.45) is 23.7 Å². The van der Waals surface area contributed by atoms with E-state index in [2.05, 4.69) is 22.5 Å². The molecule has 0 radical (unpaired) electrons. The topological polar surface area (TPSA) is 87.3 Å². The van der Waals surface area contributed by atoms with Crippen molar-refractivity contribution in [2.75, 3.05) is 6.54 Å². The summed E-state index contributed by atoms with van der Waals surface area (Å²) in [5.41, 5.74) is 0. The van der Waals surface area contributed by atoms with E-state index in [1.165, 1.54) is 45.1 Å². The monoisotopic (exact) mass is 375 g/mol. The Morgan fingerprint density at radius 3 is 2.22 bits per heavy atom. The van der Waals surface area contributed by atoms with Gasteiger partial charge in [0.05, 0.1) is 0 Å². The van der Waals surface area contributed by atoms with Gasteiger partial charge in [0.25, 0.3) is 0 Å². The van der Waals surface area contributed by atoms with Crippen LogP contribution < -0.4 is 16.0 Å². The molecule has 4 aliphatic carbocycles. The predicted molar refractivity (Wildman–Crippen MR) is 104 cm³/mol. The lowest BCUT2D eigenvalue weighted by Gasteiger charge is -2.54. The molecular formula is C21H33N3O3. The minimum Gasteiger partial charge on any atom is -0.353 e. The first-order valence-electron chi connectivity index (χ1n) is 10.4. The highest BCUT2D eigenvalue weighted by molar-refractivity contribution is 5.87. The van der Waals surface area contributed by atoms with Gasteiger partial charge in [-0.05, 0) is 81.1 Å². The van der Waals surface area contributed by atoms with Gasteiger partial charge in [-0.2, -0.15) is 0 Å². The molecule has 0 aromatic rings. The molecule has 4 aliphatic rings. The second-order valence-corrected chi connectivity index (χ2v) is 8.71. The van der Waals surface area contributed by atoms with E-state index in [1.807, 2.05) is 0 Å². The van der Waals surface area contributed by atoms with Crippen LogP contribution in [0.1, 0.15) is 58.3 Å². The summed E-state index contributed by atoms with van der Waals surface area (Å²) in [6.07, 6.45) is 9.78. The Morgan fingerprint density at radius 2 is 1.67 bits per heavy atom. The van der Waals surface area contributed by atoms with E-state index >= 15 is 0 Å². The van der Waals surface area contributed by atoms with Gasteiger partial charge < -0.3 is 16.0 Å². The normalized spacial score (nSPS) is 31.8. The molecule has 0 aromatic carbocycles. The van der Waals surface area contributed by atoms with Gasteiger partial charge in [0, 0.05) is 19.5 Å². The Kier molecular flexibility index (Phi) is 6.55. The van der Waals surface area contributed by atoms with Gasteiger partial charge in [-0.25, -0.2) is 0 Å². The van der Waals surface area contributed by atoms with Gasteiger partial charge in [-0.3, -0.25) is 14.4 Å². The van der Waals surface area contributed by atoms with Gasteiger partial charge in [0.1, 0.15) is 6.04 Å². The molecule has 27 heavy (non-hydrogen) atoms. The maximum atomic E-state index is 12.9. The van der Waals surface area contributed by atoms with Crippen LogP contribution in [0.15, 0.2) is 12.7 Å². The number of hydrogen-bond donors (Lipinski definition) is 3. The molecule has 0 spiro atoms. The zero-order valence-corrected chi connectivity index (χ0v) is 16.3. The minimum absolute atomic E-state index is 0.0437. The van der Waals surface area contributed by atoms with Crippen molar-refractivity contribution in [1.82, 2.24) is 16.0 Å². The van der Waals surface area contributed by atoms with Crippen molar-refractivity contribution in [3.05, 3.63) is 12.7 Å². The molecular weight excluding hydrogens is 342 g/mol. The van der Waals surface area contributed by atoms with E-state index in [9.17, 15) is 14.4 Å². The quantitative estimate of drug-likeness (QED) is 0.425. The van der Waals surface area contributed by atoms with Crippen LogP contribution in [0.4, 0.5) is 0 Å². The molecule has 3 N–H and O–H groups in total. The molecule has 0 aromatic heterocycles. The van der Waals surface area contributed by atoms with Crippen LogP contribution in [0.25, 0.3) is 0 Å². The summed E-state index contributed by atoms with van der Waals surface area (Å²) in [5.74, 6) is 2.58. The number of amides is 3. The first-order valence-corrected chi connectivity index (χ1v) is 10.4. The fourth-order valence-corrected chi connectivity index (χ4v) is 5.70. The van der Waals surface area contributed by atoms with Crippen LogP contribution in [0.3, 0.4) is 0 Å². The molecule has 0 unspecified atom stereocenters. The van der Waals surface area contributed by atoms with Crippen molar-refractivity contribution in [2.45, 2.75) is 70.4 Å². The molecule has 0 heterocycles. The van der Waals surface area contributed by atoms with Gasteiger partial charge in [-0.15, -0.1) is 0 Å². The largest absolute Gasteiger partial charge is 0.353 e. The number of carbonyl (C=O) groups excluding carboxylic acids is 3. The van der Waals surface area contributed by atoms with E-state index < -0.39 is 6.04 Å². The number of unbranched alkanes of at least 4 members (excludes halogenated alkanes) is 1. The second-order valence-electron chi connectivity index (χ2n) is 8.71. The summed E-state index contributed by atoms with van der Waals surface area (Å²) >= 11 is 0. The third kappa shape index (κ3) is 5.11. The number of nitrogens with one attached hydrogen (secondary N) is 3. The molecule has 6 heteroatoms. The van der Waals surface area contributed by atoms with Crippen molar-refractivity contribution in [3.63, 3.8) is 0 Å². The van der Waals surface area contributed by atoms with Gasteiger partial charge >= 0.3 is 0 Å². The molecule has 3 amide bonds. The fraction of sp³-hybridized carbons (Fsp3) is 0.762. The van der Waals surface area contributed by atoms with Crippen molar-refractivity contribution >= 4 is 17.7 Å². The van der Waals surface area contributed by atoms with Crippen LogP contribution in [-0.2, 0) is 14.4 Å². The molecule has 4 fully saturated rings. The standard InChI is InChI=1S/C21H33N3O3/c1-3-19(26)22-7-5-4-6-18(23-13(2)25)21(27)24-20-16-9-14-8-15(11-16)12-17(20)10-14/h3,14-18,20H,1,4-12H2,2H3,(H,22,26)(H,23,25)(H,24,27)/t14?,15?,16?,17?,18-,20?/m0/s1. The lowest BCUT2D eigenvalue weighted by Crippen LogP contribution is -2.59. The molecule has 4 rings (SSSR count). The maximum Gasteiger partial charge on any atom is 0.243 e. The summed E-state index contributed by atoms with van der Waals surface area (Å²) in [5, 5.41) is 8.84. The minimum atomic E-state index is -0.491. The fourth-order valence-electron chi connectivity index (χ4n) is 5.70. The van der Waals surface area contributed by atoms with E-state index in [-0.39, 0.29) is 23.8 Å². The smallest absolute Gasteiger partial charge is 0.243 e. The molecule has 4 saturated carbocycles. The molecule has 1 atom stereocenters. The van der Waals surface area contributed by atoms with Crippen LogP contribution >= 0.6 is 0 Å². The Bertz CT molecular complexity index is 561. The zero-order chi connectivity index (χ0) is 19.4. The lowest BCUT2D eigenvalue weighted by molar-refractivity contribution is -0.131. The van der Waals surface area contributed by atoms with E-state index in [1.54, 1.807) is 0 Å². The van der Waals surface area contributed by atoms with Crippen molar-refractivity contribution in [1.29, 1.82) is 0 Å². The first kappa shape index (κ1) is 19.9. The number of hydrogen-bond acceptors (Lipinski definition) is 3. The van der Waals surface area contributed by atoms with Crippen molar-refractivity contribution < 1.29 is 14.4 Å². The second kappa shape index (κ2) is 8.89. The first-order chi connectivity index (χ1) is 13.0. The highest BCUT2D eigenvalue weighted by Gasteiger charge is 2.48. The zero-order valence-electron chi connectivity index (χ0n) is 16.3. The highest BCUT2D eigenvalue weighted by atomic mass is 16.2. The van der Waals surface area contributed by atoms with E-state index in [0.29, 0.717) is 24.8 Å². The Morgan fingerprint density at radius 1 is 1.04 bits per heavy atom. The number of rotatable bonds is 9. The molecule has 150 valence electrons. The third-order valence-electron chi connectivity index (χ3n) is 6.63. The summed E-state index contributed by atoms with van der Waals surface area (Å²) < 4.78 is 0. The lowest BCUT2D eigenvalue weighted by atomic mass is 9.54. The Labute approximate surface area is 161 Å². The van der Waals surface area contributed by atoms with Crippen molar-refractivity contribution in [3.8, 4) is 0 Å². The molecule has 0 saturated heterocycles. The summed E-state index contributed by atoms with van der Waals surface area (Å²) in [6, 6.07) is -0.205. The van der Waals surface area contributed by atoms with Crippen LogP contribution in [-0.4, -0.2) is 36.3 Å². The van der Waals surface area contributed by atoms with E-state index in [4.69, 9.17) is 0 Å². The Balaban J connectivity index is 1.48. The van der Waals surface area contributed by atoms with Gasteiger partial charge in [0.15, 0.2) is 0 Å². The average Bonchev–Trinajstić information content (AvgIpc) is 2.62. The Hall–Kier alpha value is -1.85. The molecule has 0 aliphatic heterocycles. The van der Waals surface area contributed by atoms with Gasteiger partial charge in [0.2, 0.25) is 17.7 Å². The van der Waals surface area contributed by atoms with Gasteiger partial charge in [-0.1, -0.05) is 6.58 Å². The summed E-state index contributed by atoms with van der Waals surface area (Å²) in [7, 11) is 0. The summed E-state index contributed by atoms with van der Waals surface area (Å²) in [4.78, 5) is 35.6. The van der Waals surface area contributed by atoms with Crippen LogP contribution in [0.5, 0.6) is 0 Å². The highest BCUT2D eigenvalue weighted by Crippen LogP contribution is 2.53.